The maximum absolute atomic E-state index is 12.2. The summed E-state index contributed by atoms with van der Waals surface area (Å²) in [4.78, 5) is 24.2. The number of aryl methyl sites for hydroxylation is 1. The molecule has 1 N–H and O–H groups in total. The highest BCUT2D eigenvalue weighted by atomic mass is 16.5. The first-order chi connectivity index (χ1) is 13.0. The van der Waals surface area contributed by atoms with Crippen LogP contribution in [0.25, 0.3) is 0 Å². The second-order valence-electron chi connectivity index (χ2n) is 6.34. The Hall–Kier alpha value is -2.87. The molecule has 1 aliphatic rings. The molecule has 1 aromatic carbocycles. The summed E-state index contributed by atoms with van der Waals surface area (Å²) in [6.07, 6.45) is 1.19. The number of amides is 1. The molecule has 0 saturated carbocycles. The molecule has 2 unspecified atom stereocenters. The van der Waals surface area contributed by atoms with E-state index in [-0.39, 0.29) is 12.0 Å². The van der Waals surface area contributed by atoms with Crippen LogP contribution in [0, 0.1) is 6.92 Å². The van der Waals surface area contributed by atoms with Crippen LogP contribution in [-0.2, 0) is 14.3 Å². The second-order valence-corrected chi connectivity index (χ2v) is 6.34. The molecule has 27 heavy (non-hydrogen) atoms. The number of aromatic nitrogens is 1. The minimum atomic E-state index is -0.988. The van der Waals surface area contributed by atoms with Crippen LogP contribution in [0.4, 0.5) is 5.88 Å². The maximum atomic E-state index is 12.2. The molecule has 2 aromatic rings. The van der Waals surface area contributed by atoms with Crippen LogP contribution in [0.3, 0.4) is 0 Å². The van der Waals surface area contributed by atoms with Gasteiger partial charge < -0.3 is 18.7 Å². The molecule has 0 spiro atoms. The van der Waals surface area contributed by atoms with Crippen LogP contribution in [0.2, 0.25) is 0 Å². The molecular weight excluding hydrogens is 352 g/mol. The van der Waals surface area contributed by atoms with Crippen molar-refractivity contribution in [3.05, 3.63) is 41.6 Å². The fourth-order valence-electron chi connectivity index (χ4n) is 2.58. The first kappa shape index (κ1) is 18.9. The summed E-state index contributed by atoms with van der Waals surface area (Å²) in [6, 6.07) is 8.14. The molecule has 144 valence electrons. The van der Waals surface area contributed by atoms with Crippen molar-refractivity contribution in [1.82, 2.24) is 5.16 Å². The number of nitrogens with zero attached hydrogens (tertiary/aromatic N) is 1. The predicted octanol–water partition coefficient (Wildman–Crippen LogP) is 2.72. The van der Waals surface area contributed by atoms with Crippen molar-refractivity contribution in [3.8, 4) is 5.75 Å². The lowest BCUT2D eigenvalue weighted by molar-refractivity contribution is -0.123. The fraction of sp³-hybridized carbons (Fsp3) is 0.421. The van der Waals surface area contributed by atoms with E-state index in [9.17, 15) is 9.59 Å². The standard InChI is InChI=1S/C19H22N2O6/c1-12-10-17(27-21-12)20-18(22)13(2)26-19(23)14-5-7-15(8-6-14)25-11-16-4-3-9-24-16/h5-8,10,13,16H,3-4,9,11H2,1-2H3,(H,20,22). The van der Waals surface area contributed by atoms with E-state index in [1.54, 1.807) is 37.3 Å². The SMILES string of the molecule is Cc1cc(NC(=O)C(C)OC(=O)c2ccc(OCC3CCCO3)cc2)on1. The summed E-state index contributed by atoms with van der Waals surface area (Å²) in [6.45, 7) is 4.48. The third-order valence-electron chi connectivity index (χ3n) is 4.08. The van der Waals surface area contributed by atoms with Crippen molar-refractivity contribution in [2.75, 3.05) is 18.5 Å². The van der Waals surface area contributed by atoms with Gasteiger partial charge in [-0.25, -0.2) is 4.79 Å². The fourth-order valence-corrected chi connectivity index (χ4v) is 2.58. The van der Waals surface area contributed by atoms with Gasteiger partial charge in [0.2, 0.25) is 5.88 Å². The smallest absolute Gasteiger partial charge is 0.338 e. The highest BCUT2D eigenvalue weighted by Gasteiger charge is 2.20. The van der Waals surface area contributed by atoms with Crippen LogP contribution in [0.5, 0.6) is 5.75 Å². The molecule has 1 saturated heterocycles. The van der Waals surface area contributed by atoms with Gasteiger partial charge in [0.25, 0.3) is 5.91 Å². The normalized spacial score (nSPS) is 17.3. The number of nitrogens with one attached hydrogen (secondary N) is 1. The largest absolute Gasteiger partial charge is 0.491 e. The van der Waals surface area contributed by atoms with Crippen LogP contribution < -0.4 is 10.1 Å². The van der Waals surface area contributed by atoms with Gasteiger partial charge in [-0.15, -0.1) is 0 Å². The lowest BCUT2D eigenvalue weighted by Gasteiger charge is -2.13. The number of esters is 1. The number of hydrogen-bond donors (Lipinski definition) is 1. The van der Waals surface area contributed by atoms with Crippen molar-refractivity contribution in [2.45, 2.75) is 38.9 Å². The summed E-state index contributed by atoms with van der Waals surface area (Å²) < 4.78 is 21.2. The molecule has 0 bridgehead atoms. The van der Waals surface area contributed by atoms with E-state index in [0.29, 0.717) is 23.6 Å². The van der Waals surface area contributed by atoms with Gasteiger partial charge in [0, 0.05) is 12.7 Å². The van der Waals surface area contributed by atoms with Gasteiger partial charge in [0.05, 0.1) is 17.4 Å². The lowest BCUT2D eigenvalue weighted by Crippen LogP contribution is -2.29. The van der Waals surface area contributed by atoms with E-state index in [4.69, 9.17) is 18.7 Å². The predicted molar refractivity (Wildman–Crippen MR) is 95.7 cm³/mol. The molecule has 1 fully saturated rings. The molecule has 1 aromatic heterocycles. The van der Waals surface area contributed by atoms with Crippen molar-refractivity contribution in [3.63, 3.8) is 0 Å². The van der Waals surface area contributed by atoms with Crippen LogP contribution >= 0.6 is 0 Å². The van der Waals surface area contributed by atoms with Crippen molar-refractivity contribution >= 4 is 17.8 Å². The number of carbonyl (C=O) groups is 2. The Morgan fingerprint density at radius 2 is 2.11 bits per heavy atom. The minimum absolute atomic E-state index is 0.127. The first-order valence-electron chi connectivity index (χ1n) is 8.81. The number of rotatable bonds is 7. The zero-order valence-corrected chi connectivity index (χ0v) is 15.3. The Kier molecular flexibility index (Phi) is 6.08. The van der Waals surface area contributed by atoms with Gasteiger partial charge >= 0.3 is 5.97 Å². The summed E-state index contributed by atoms with van der Waals surface area (Å²) in [5.74, 6) is -0.255. The Balaban J connectivity index is 1.48. The van der Waals surface area contributed by atoms with Gasteiger partial charge in [-0.05, 0) is 51.0 Å². The Morgan fingerprint density at radius 1 is 1.33 bits per heavy atom. The molecule has 3 rings (SSSR count). The highest BCUT2D eigenvalue weighted by Crippen LogP contribution is 2.17. The summed E-state index contributed by atoms with van der Waals surface area (Å²) in [7, 11) is 0. The molecule has 2 heterocycles. The third-order valence-corrected chi connectivity index (χ3v) is 4.08. The van der Waals surface area contributed by atoms with Gasteiger partial charge in [-0.1, -0.05) is 5.16 Å². The molecule has 0 aliphatic carbocycles. The Bertz CT molecular complexity index is 780. The van der Waals surface area contributed by atoms with Crippen LogP contribution in [0.1, 0.15) is 35.8 Å². The van der Waals surface area contributed by atoms with Crippen molar-refractivity contribution < 1.29 is 28.3 Å². The van der Waals surface area contributed by atoms with E-state index in [1.165, 1.54) is 6.92 Å². The molecule has 0 radical (unpaired) electrons. The van der Waals surface area contributed by atoms with E-state index in [1.807, 2.05) is 0 Å². The third kappa shape index (κ3) is 5.30. The molecule has 8 nitrogen and oxygen atoms in total. The molecular formula is C19H22N2O6. The second kappa shape index (κ2) is 8.68. The topological polar surface area (TPSA) is 99.9 Å². The number of anilines is 1. The van der Waals surface area contributed by atoms with Crippen LogP contribution in [-0.4, -0.2) is 42.5 Å². The number of hydrogen-bond acceptors (Lipinski definition) is 7. The first-order valence-corrected chi connectivity index (χ1v) is 8.81. The Morgan fingerprint density at radius 3 is 2.74 bits per heavy atom. The highest BCUT2D eigenvalue weighted by molar-refractivity contribution is 5.96. The zero-order valence-electron chi connectivity index (χ0n) is 15.3. The average molecular weight is 374 g/mol. The van der Waals surface area contributed by atoms with E-state index >= 15 is 0 Å². The van der Waals surface area contributed by atoms with Gasteiger partial charge in [0.1, 0.15) is 12.4 Å². The molecule has 1 aliphatic heterocycles. The summed E-state index contributed by atoms with van der Waals surface area (Å²) in [5, 5.41) is 6.16. The van der Waals surface area contributed by atoms with E-state index < -0.39 is 18.0 Å². The monoisotopic (exact) mass is 374 g/mol. The number of ether oxygens (including phenoxy) is 3. The van der Waals surface area contributed by atoms with E-state index in [2.05, 4.69) is 10.5 Å². The molecule has 1 amide bonds. The van der Waals surface area contributed by atoms with Gasteiger partial charge in [0.15, 0.2) is 6.10 Å². The van der Waals surface area contributed by atoms with Gasteiger partial charge in [-0.2, -0.15) is 0 Å². The van der Waals surface area contributed by atoms with Gasteiger partial charge in [-0.3, -0.25) is 10.1 Å². The van der Waals surface area contributed by atoms with E-state index in [0.717, 1.165) is 19.4 Å². The van der Waals surface area contributed by atoms with Crippen LogP contribution in [0.15, 0.2) is 34.9 Å². The Labute approximate surface area is 156 Å². The number of benzene rings is 1. The lowest BCUT2D eigenvalue weighted by atomic mass is 10.2. The summed E-state index contributed by atoms with van der Waals surface area (Å²) >= 11 is 0. The molecule has 8 heteroatoms. The average Bonchev–Trinajstić information content (AvgIpc) is 3.32. The quantitative estimate of drug-likeness (QED) is 0.744. The minimum Gasteiger partial charge on any atom is -0.491 e. The maximum Gasteiger partial charge on any atom is 0.338 e. The number of carbonyl (C=O) groups excluding carboxylic acids is 2. The zero-order chi connectivity index (χ0) is 19.2. The van der Waals surface area contributed by atoms with Crippen molar-refractivity contribution in [2.24, 2.45) is 0 Å². The van der Waals surface area contributed by atoms with Crippen molar-refractivity contribution in [1.29, 1.82) is 0 Å². The molecule has 2 atom stereocenters. The summed E-state index contributed by atoms with van der Waals surface area (Å²) in [5.41, 5.74) is 0.964.